The van der Waals surface area contributed by atoms with E-state index in [-0.39, 0.29) is 23.6 Å². The second-order valence-corrected chi connectivity index (χ2v) is 4.67. The van der Waals surface area contributed by atoms with Gasteiger partial charge in [0.2, 0.25) is 5.91 Å². The van der Waals surface area contributed by atoms with Gasteiger partial charge in [0.15, 0.2) is 0 Å². The normalized spacial score (nSPS) is 12.3. The molecular weight excluding hydrogens is 272 g/mol. The first-order valence-corrected chi connectivity index (χ1v) is 6.54. The van der Waals surface area contributed by atoms with Crippen molar-refractivity contribution < 1.29 is 13.6 Å². The van der Waals surface area contributed by atoms with Crippen molar-refractivity contribution in [2.45, 2.75) is 13.0 Å². The van der Waals surface area contributed by atoms with Gasteiger partial charge in [-0.15, -0.1) is 0 Å². The van der Waals surface area contributed by atoms with Gasteiger partial charge in [-0.25, -0.2) is 8.78 Å². The largest absolute Gasteiger partial charge is 0.346 e. The van der Waals surface area contributed by atoms with Crippen molar-refractivity contribution in [1.82, 2.24) is 5.32 Å². The van der Waals surface area contributed by atoms with Gasteiger partial charge < -0.3 is 5.32 Å². The molecule has 1 amide bonds. The Morgan fingerprint density at radius 2 is 1.81 bits per heavy atom. The molecule has 21 heavy (non-hydrogen) atoms. The third-order valence-corrected chi connectivity index (χ3v) is 3.00. The molecule has 2 aromatic carbocycles. The number of halogens is 2. The van der Waals surface area contributed by atoms with Crippen molar-refractivity contribution in [2.75, 3.05) is 0 Å². The Hall–Kier alpha value is -2.49. The molecule has 0 bridgehead atoms. The number of benzene rings is 2. The van der Waals surface area contributed by atoms with Crippen LogP contribution in [-0.2, 0) is 4.79 Å². The molecule has 0 aliphatic rings. The first kappa shape index (κ1) is 14.9. The van der Waals surface area contributed by atoms with E-state index in [9.17, 15) is 13.6 Å². The van der Waals surface area contributed by atoms with Crippen LogP contribution in [0.2, 0.25) is 0 Å². The molecule has 1 N–H and O–H groups in total. The highest BCUT2D eigenvalue weighted by Gasteiger charge is 2.07. The number of hydrogen-bond donors (Lipinski definition) is 1. The van der Waals surface area contributed by atoms with Crippen molar-refractivity contribution >= 4 is 12.0 Å². The molecule has 4 heteroatoms. The summed E-state index contributed by atoms with van der Waals surface area (Å²) in [6.45, 7) is 1.81. The first-order chi connectivity index (χ1) is 10.0. The topological polar surface area (TPSA) is 29.1 Å². The standard InChI is InChI=1S/C17H15F2NO/c1-12(14-6-8-15(18)9-7-14)20-17(21)10-5-13-3-2-4-16(19)11-13/h2-12H,1H3,(H,20,21). The zero-order valence-electron chi connectivity index (χ0n) is 11.5. The number of nitrogens with one attached hydrogen (secondary N) is 1. The summed E-state index contributed by atoms with van der Waals surface area (Å²) in [5, 5.41) is 2.76. The average Bonchev–Trinajstić information content (AvgIpc) is 2.46. The third-order valence-electron chi connectivity index (χ3n) is 3.00. The fourth-order valence-corrected chi connectivity index (χ4v) is 1.88. The van der Waals surface area contributed by atoms with E-state index < -0.39 is 0 Å². The lowest BCUT2D eigenvalue weighted by atomic mass is 10.1. The Labute approximate surface area is 122 Å². The van der Waals surface area contributed by atoms with Crippen LogP contribution in [0.5, 0.6) is 0 Å². The number of carbonyl (C=O) groups excluding carboxylic acids is 1. The molecule has 0 saturated heterocycles. The molecule has 2 aromatic rings. The van der Waals surface area contributed by atoms with E-state index in [0.717, 1.165) is 5.56 Å². The van der Waals surface area contributed by atoms with Gasteiger partial charge in [-0.2, -0.15) is 0 Å². The molecule has 2 rings (SSSR count). The van der Waals surface area contributed by atoms with E-state index in [1.54, 1.807) is 31.2 Å². The molecule has 108 valence electrons. The third kappa shape index (κ3) is 4.53. The fraction of sp³-hybridized carbons (Fsp3) is 0.118. The molecule has 1 unspecified atom stereocenters. The highest BCUT2D eigenvalue weighted by atomic mass is 19.1. The molecule has 0 aromatic heterocycles. The van der Waals surface area contributed by atoms with Crippen molar-refractivity contribution in [2.24, 2.45) is 0 Å². The summed E-state index contributed by atoms with van der Waals surface area (Å²) in [7, 11) is 0. The van der Waals surface area contributed by atoms with E-state index in [4.69, 9.17) is 0 Å². The SMILES string of the molecule is CC(NC(=O)C=Cc1cccc(F)c1)c1ccc(F)cc1. The maximum Gasteiger partial charge on any atom is 0.244 e. The summed E-state index contributed by atoms with van der Waals surface area (Å²) in [5.74, 6) is -0.961. The Morgan fingerprint density at radius 3 is 2.48 bits per heavy atom. The summed E-state index contributed by atoms with van der Waals surface area (Å²) in [4.78, 5) is 11.8. The minimum absolute atomic E-state index is 0.241. The first-order valence-electron chi connectivity index (χ1n) is 6.54. The monoisotopic (exact) mass is 287 g/mol. The Morgan fingerprint density at radius 1 is 1.10 bits per heavy atom. The average molecular weight is 287 g/mol. The molecule has 0 aliphatic heterocycles. The molecule has 0 fully saturated rings. The van der Waals surface area contributed by atoms with Crippen molar-refractivity contribution in [3.05, 3.63) is 77.4 Å². The van der Waals surface area contributed by atoms with Crippen molar-refractivity contribution in [3.8, 4) is 0 Å². The van der Waals surface area contributed by atoms with Crippen molar-refractivity contribution in [3.63, 3.8) is 0 Å². The van der Waals surface area contributed by atoms with E-state index in [0.29, 0.717) is 5.56 Å². The zero-order chi connectivity index (χ0) is 15.2. The molecular formula is C17H15F2NO. The lowest BCUT2D eigenvalue weighted by Gasteiger charge is -2.12. The Bertz CT molecular complexity index is 650. The van der Waals surface area contributed by atoms with Crippen LogP contribution in [-0.4, -0.2) is 5.91 Å². The van der Waals surface area contributed by atoms with Gasteiger partial charge in [-0.1, -0.05) is 24.3 Å². The highest BCUT2D eigenvalue weighted by Crippen LogP contribution is 2.13. The summed E-state index contributed by atoms with van der Waals surface area (Å²) >= 11 is 0. The fourth-order valence-electron chi connectivity index (χ4n) is 1.88. The lowest BCUT2D eigenvalue weighted by molar-refractivity contribution is -0.117. The van der Waals surface area contributed by atoms with Gasteiger partial charge in [0, 0.05) is 6.08 Å². The van der Waals surface area contributed by atoms with Crippen LogP contribution < -0.4 is 5.32 Å². The predicted molar refractivity (Wildman–Crippen MR) is 78.4 cm³/mol. The van der Waals surface area contributed by atoms with Gasteiger partial charge >= 0.3 is 0 Å². The van der Waals surface area contributed by atoms with Crippen LogP contribution in [0.4, 0.5) is 8.78 Å². The van der Waals surface area contributed by atoms with E-state index in [1.165, 1.54) is 36.4 Å². The summed E-state index contributed by atoms with van der Waals surface area (Å²) in [6, 6.07) is 11.7. The second kappa shape index (κ2) is 6.79. The molecule has 2 nitrogen and oxygen atoms in total. The maximum atomic E-state index is 13.0. The van der Waals surface area contributed by atoms with E-state index >= 15 is 0 Å². The molecule has 0 aliphatic carbocycles. The van der Waals surface area contributed by atoms with Gasteiger partial charge in [0.05, 0.1) is 6.04 Å². The smallest absolute Gasteiger partial charge is 0.244 e. The minimum atomic E-state index is -0.350. The van der Waals surface area contributed by atoms with Crippen LogP contribution >= 0.6 is 0 Å². The Kier molecular flexibility index (Phi) is 4.82. The second-order valence-electron chi connectivity index (χ2n) is 4.67. The van der Waals surface area contributed by atoms with Crippen LogP contribution in [0, 0.1) is 11.6 Å². The number of amides is 1. The van der Waals surface area contributed by atoms with Crippen LogP contribution in [0.1, 0.15) is 24.1 Å². The molecule has 0 radical (unpaired) electrons. The number of hydrogen-bond acceptors (Lipinski definition) is 1. The van der Waals surface area contributed by atoms with E-state index in [1.807, 2.05) is 0 Å². The minimum Gasteiger partial charge on any atom is -0.346 e. The molecule has 0 saturated carbocycles. The van der Waals surface area contributed by atoms with Gasteiger partial charge in [-0.05, 0) is 48.4 Å². The summed E-state index contributed by atoms with van der Waals surface area (Å²) in [5.41, 5.74) is 1.42. The Balaban J connectivity index is 1.96. The lowest BCUT2D eigenvalue weighted by Crippen LogP contribution is -2.24. The van der Waals surface area contributed by atoms with Gasteiger partial charge in [-0.3, -0.25) is 4.79 Å². The predicted octanol–water partition coefficient (Wildman–Crippen LogP) is 3.86. The van der Waals surface area contributed by atoms with Gasteiger partial charge in [0.25, 0.3) is 0 Å². The molecule has 0 heterocycles. The van der Waals surface area contributed by atoms with Crippen LogP contribution in [0.3, 0.4) is 0 Å². The van der Waals surface area contributed by atoms with Crippen LogP contribution in [0.15, 0.2) is 54.6 Å². The van der Waals surface area contributed by atoms with E-state index in [2.05, 4.69) is 5.32 Å². The zero-order valence-corrected chi connectivity index (χ0v) is 11.5. The molecule has 1 atom stereocenters. The number of rotatable bonds is 4. The highest BCUT2D eigenvalue weighted by molar-refractivity contribution is 5.91. The molecule has 0 spiro atoms. The maximum absolute atomic E-state index is 13.0. The number of carbonyl (C=O) groups is 1. The van der Waals surface area contributed by atoms with Gasteiger partial charge in [0.1, 0.15) is 11.6 Å². The summed E-state index contributed by atoms with van der Waals surface area (Å²) < 4.78 is 25.8. The van der Waals surface area contributed by atoms with Crippen LogP contribution in [0.25, 0.3) is 6.08 Å². The van der Waals surface area contributed by atoms with Crippen molar-refractivity contribution in [1.29, 1.82) is 0 Å². The summed E-state index contributed by atoms with van der Waals surface area (Å²) in [6.07, 6.45) is 2.88. The quantitative estimate of drug-likeness (QED) is 0.850.